The Morgan fingerprint density at radius 2 is 1.79 bits per heavy atom. The number of aromatic nitrogens is 1. The molecule has 0 bridgehead atoms. The number of amides is 3. The third-order valence-corrected chi connectivity index (χ3v) is 6.16. The number of hydrogen-bond donors (Lipinski definition) is 2. The molecule has 1 aliphatic carbocycles. The van der Waals surface area contributed by atoms with Crippen LogP contribution in [0.4, 0.5) is 4.79 Å². The minimum absolute atomic E-state index is 0.0767. The summed E-state index contributed by atoms with van der Waals surface area (Å²) in [7, 11) is 0. The average Bonchev–Trinajstić information content (AvgIpc) is 3.01. The molecule has 1 aromatic carbocycles. The zero-order valence-electron chi connectivity index (χ0n) is 15.8. The van der Waals surface area contributed by atoms with E-state index < -0.39 is 5.91 Å². The molecule has 2 heterocycles. The van der Waals surface area contributed by atoms with Crippen LogP contribution in [0.1, 0.15) is 48.2 Å². The van der Waals surface area contributed by atoms with Gasteiger partial charge in [0.15, 0.2) is 0 Å². The minimum atomic E-state index is -0.524. The van der Waals surface area contributed by atoms with Gasteiger partial charge in [0.2, 0.25) is 0 Å². The first kappa shape index (κ1) is 18.9. The van der Waals surface area contributed by atoms with Crippen molar-refractivity contribution in [3.8, 4) is 11.1 Å². The van der Waals surface area contributed by atoms with Crippen LogP contribution in [0.2, 0.25) is 5.15 Å². The maximum atomic E-state index is 12.8. The normalized spacial score (nSPS) is 17.2. The van der Waals surface area contributed by atoms with Crippen molar-refractivity contribution in [3.05, 3.63) is 46.7 Å². The van der Waals surface area contributed by atoms with E-state index in [9.17, 15) is 9.59 Å². The molecule has 2 aliphatic rings. The molecule has 1 aliphatic heterocycles. The summed E-state index contributed by atoms with van der Waals surface area (Å²) in [6, 6.07) is 9.70. The predicted octanol–water partition coefficient (Wildman–Crippen LogP) is 3.77. The number of primary amides is 1. The molecule has 3 N–H and O–H groups in total. The molecule has 4 rings (SSSR count). The second-order valence-electron chi connectivity index (χ2n) is 7.58. The Balaban J connectivity index is 1.63. The van der Waals surface area contributed by atoms with Crippen molar-refractivity contribution in [2.24, 2.45) is 5.73 Å². The molecular formula is C21H25ClN4O2. The second kappa shape index (κ2) is 7.87. The quantitative estimate of drug-likeness (QED) is 0.822. The van der Waals surface area contributed by atoms with E-state index in [4.69, 9.17) is 17.3 Å². The maximum absolute atomic E-state index is 12.8. The van der Waals surface area contributed by atoms with Crippen molar-refractivity contribution < 1.29 is 9.59 Å². The van der Waals surface area contributed by atoms with Gasteiger partial charge in [0.1, 0.15) is 5.15 Å². The number of halogens is 1. The summed E-state index contributed by atoms with van der Waals surface area (Å²) in [5.41, 5.74) is 8.35. The first-order valence-corrected chi connectivity index (χ1v) is 10.3. The number of nitrogens with zero attached hydrogens (tertiary/aromatic N) is 2. The van der Waals surface area contributed by atoms with Gasteiger partial charge in [0.25, 0.3) is 5.91 Å². The number of hydrogen-bond acceptors (Lipinski definition) is 2. The van der Waals surface area contributed by atoms with Crippen LogP contribution >= 0.6 is 11.6 Å². The number of urea groups is 1. The fourth-order valence-corrected chi connectivity index (χ4v) is 4.72. The van der Waals surface area contributed by atoms with Crippen LogP contribution < -0.4 is 11.1 Å². The van der Waals surface area contributed by atoms with Crippen molar-refractivity contribution in [2.45, 2.75) is 51.2 Å². The molecule has 0 radical (unpaired) electrons. The van der Waals surface area contributed by atoms with Gasteiger partial charge in [-0.3, -0.25) is 4.79 Å². The van der Waals surface area contributed by atoms with Gasteiger partial charge in [-0.1, -0.05) is 61.2 Å². The molecule has 1 saturated carbocycles. The van der Waals surface area contributed by atoms with Crippen LogP contribution in [-0.4, -0.2) is 34.0 Å². The van der Waals surface area contributed by atoms with Gasteiger partial charge in [-0.25, -0.2) is 4.79 Å². The van der Waals surface area contributed by atoms with Crippen molar-refractivity contribution in [1.29, 1.82) is 0 Å². The Bertz CT molecular complexity index is 888. The molecule has 1 aromatic heterocycles. The van der Waals surface area contributed by atoms with Gasteiger partial charge in [0.05, 0.1) is 17.8 Å². The Morgan fingerprint density at radius 1 is 1.07 bits per heavy atom. The highest BCUT2D eigenvalue weighted by Gasteiger charge is 2.32. The lowest BCUT2D eigenvalue weighted by Crippen LogP contribution is -2.48. The molecule has 6 nitrogen and oxygen atoms in total. The van der Waals surface area contributed by atoms with E-state index >= 15 is 0 Å². The summed E-state index contributed by atoms with van der Waals surface area (Å²) < 4.78 is 1.91. The molecule has 3 amide bonds. The number of carbonyl (C=O) groups excluding carboxylic acids is 2. The van der Waals surface area contributed by atoms with Gasteiger partial charge in [0, 0.05) is 24.7 Å². The van der Waals surface area contributed by atoms with Gasteiger partial charge in [-0.05, 0) is 18.4 Å². The molecule has 148 valence electrons. The Kier molecular flexibility index (Phi) is 5.31. The minimum Gasteiger partial charge on any atom is -0.366 e. The van der Waals surface area contributed by atoms with Gasteiger partial charge < -0.3 is 20.5 Å². The number of fused-ring (bicyclic) bond motifs is 1. The fourth-order valence-electron chi connectivity index (χ4n) is 4.33. The molecule has 0 saturated heterocycles. The summed E-state index contributed by atoms with van der Waals surface area (Å²) in [5, 5.41) is 3.65. The first-order valence-electron chi connectivity index (χ1n) is 9.87. The zero-order chi connectivity index (χ0) is 19.7. The molecule has 28 heavy (non-hydrogen) atoms. The van der Waals surface area contributed by atoms with Crippen molar-refractivity contribution >= 4 is 23.5 Å². The first-order chi connectivity index (χ1) is 13.6. The third-order valence-electron chi connectivity index (χ3n) is 5.77. The highest BCUT2D eigenvalue weighted by Crippen LogP contribution is 2.38. The molecule has 0 atom stereocenters. The molecule has 0 spiro atoms. The molecule has 7 heteroatoms. The monoisotopic (exact) mass is 400 g/mol. The maximum Gasteiger partial charge on any atom is 0.318 e. The van der Waals surface area contributed by atoms with E-state index in [1.807, 2.05) is 34.9 Å². The van der Waals surface area contributed by atoms with Crippen LogP contribution in [0.3, 0.4) is 0 Å². The Labute approximate surface area is 169 Å². The summed E-state index contributed by atoms with van der Waals surface area (Å²) in [6.45, 7) is 1.41. The van der Waals surface area contributed by atoms with Gasteiger partial charge in [-0.15, -0.1) is 0 Å². The van der Waals surface area contributed by atoms with E-state index in [-0.39, 0.29) is 12.1 Å². The lowest BCUT2D eigenvalue weighted by Gasteiger charge is -2.32. The van der Waals surface area contributed by atoms with Crippen molar-refractivity contribution in [3.63, 3.8) is 0 Å². The average molecular weight is 401 g/mol. The lowest BCUT2D eigenvalue weighted by atomic mass is 9.96. The standard InChI is InChI=1S/C21H25ClN4O2/c22-19-17(14-7-3-1-4-8-14)18(20(23)27)16-13-25(11-12-26(16)19)21(28)24-15-9-5-2-6-10-15/h1,3-4,7-8,15H,2,5-6,9-13H2,(H2,23,27)(H,24,28). The number of nitrogens with one attached hydrogen (secondary N) is 1. The number of nitrogens with two attached hydrogens (primary N) is 1. The van der Waals surface area contributed by atoms with Crippen LogP contribution in [0, 0.1) is 0 Å². The van der Waals surface area contributed by atoms with Crippen LogP contribution in [0.15, 0.2) is 30.3 Å². The van der Waals surface area contributed by atoms with E-state index in [1.165, 1.54) is 6.42 Å². The SMILES string of the molecule is NC(=O)c1c(-c2ccccc2)c(Cl)n2c1CN(C(=O)NC1CCCCC1)CC2. The smallest absolute Gasteiger partial charge is 0.318 e. The van der Waals surface area contributed by atoms with E-state index in [1.54, 1.807) is 4.90 Å². The third kappa shape index (κ3) is 3.49. The number of benzene rings is 1. The number of rotatable bonds is 3. The highest BCUT2D eigenvalue weighted by molar-refractivity contribution is 6.33. The predicted molar refractivity (Wildman–Crippen MR) is 109 cm³/mol. The fraction of sp³-hybridized carbons (Fsp3) is 0.429. The lowest BCUT2D eigenvalue weighted by molar-refractivity contribution is 0.0997. The number of carbonyl (C=O) groups is 2. The summed E-state index contributed by atoms with van der Waals surface area (Å²) in [4.78, 5) is 26.8. The summed E-state index contributed by atoms with van der Waals surface area (Å²) >= 11 is 6.65. The second-order valence-corrected chi connectivity index (χ2v) is 7.93. The van der Waals surface area contributed by atoms with Crippen molar-refractivity contribution in [1.82, 2.24) is 14.8 Å². The zero-order valence-corrected chi connectivity index (χ0v) is 16.5. The Hall–Kier alpha value is -2.47. The van der Waals surface area contributed by atoms with E-state index in [2.05, 4.69) is 5.32 Å². The van der Waals surface area contributed by atoms with Gasteiger partial charge in [-0.2, -0.15) is 0 Å². The van der Waals surface area contributed by atoms with Gasteiger partial charge >= 0.3 is 6.03 Å². The Morgan fingerprint density at radius 3 is 2.46 bits per heavy atom. The van der Waals surface area contributed by atoms with Crippen LogP contribution in [-0.2, 0) is 13.1 Å². The molecule has 0 unspecified atom stereocenters. The molecular weight excluding hydrogens is 376 g/mol. The molecule has 2 aromatic rings. The largest absolute Gasteiger partial charge is 0.366 e. The van der Waals surface area contributed by atoms with E-state index in [0.29, 0.717) is 41.6 Å². The highest BCUT2D eigenvalue weighted by atomic mass is 35.5. The van der Waals surface area contributed by atoms with Crippen LogP contribution in [0.5, 0.6) is 0 Å². The van der Waals surface area contributed by atoms with E-state index in [0.717, 1.165) is 31.2 Å². The molecule has 1 fully saturated rings. The van der Waals surface area contributed by atoms with Crippen LogP contribution in [0.25, 0.3) is 11.1 Å². The topological polar surface area (TPSA) is 80.4 Å². The van der Waals surface area contributed by atoms with Crippen molar-refractivity contribution in [2.75, 3.05) is 6.54 Å². The summed E-state index contributed by atoms with van der Waals surface area (Å²) in [5.74, 6) is -0.524. The summed E-state index contributed by atoms with van der Waals surface area (Å²) in [6.07, 6.45) is 5.64.